The van der Waals surface area contributed by atoms with Crippen molar-refractivity contribution in [3.8, 4) is 0 Å². The van der Waals surface area contributed by atoms with Crippen LogP contribution in [-0.2, 0) is 16.6 Å². The molecule has 2 heterocycles. The smallest absolute Gasteiger partial charge is 0.263 e. The summed E-state index contributed by atoms with van der Waals surface area (Å²) in [4.78, 5) is 2.13. The van der Waals surface area contributed by atoms with Gasteiger partial charge in [-0.25, -0.2) is 8.42 Å². The van der Waals surface area contributed by atoms with Gasteiger partial charge < -0.3 is 5.32 Å². The van der Waals surface area contributed by atoms with Crippen molar-refractivity contribution in [3.63, 3.8) is 0 Å². The van der Waals surface area contributed by atoms with Crippen LogP contribution in [0.4, 0.5) is 5.69 Å². The molecule has 0 amide bonds. The van der Waals surface area contributed by atoms with Crippen molar-refractivity contribution in [1.82, 2.24) is 15.5 Å². The molecular weight excluding hydrogens is 308 g/mol. The first kappa shape index (κ1) is 16.0. The van der Waals surface area contributed by atoms with Crippen molar-refractivity contribution in [2.24, 2.45) is 0 Å². The molecule has 2 rings (SSSR count). The van der Waals surface area contributed by atoms with E-state index in [-0.39, 0.29) is 0 Å². The highest BCUT2D eigenvalue weighted by Gasteiger charge is 2.22. The highest BCUT2D eigenvalue weighted by Crippen LogP contribution is 2.28. The molecule has 3 N–H and O–H groups in total. The van der Waals surface area contributed by atoms with Gasteiger partial charge in [0.05, 0.1) is 17.1 Å². The quantitative estimate of drug-likeness (QED) is 0.759. The first-order valence-electron chi connectivity index (χ1n) is 6.69. The number of nitrogens with one attached hydrogen (secondary N) is 3. The van der Waals surface area contributed by atoms with Crippen LogP contribution in [0.2, 0.25) is 0 Å². The lowest BCUT2D eigenvalue weighted by Crippen LogP contribution is -2.14. The molecule has 0 saturated heterocycles. The normalized spacial score (nSPS) is 11.8. The molecule has 6 nitrogen and oxygen atoms in total. The molecule has 2 aromatic rings. The standard InChI is InChI=1S/C13H20N4O2S2/c1-5-14-7-11-6-12(10(4)20-11)21(18,19)17-13-8(2)15-16-9(13)3/h6,14,17H,5,7H2,1-4H3,(H,15,16). The van der Waals surface area contributed by atoms with Crippen molar-refractivity contribution >= 4 is 27.0 Å². The zero-order valence-electron chi connectivity index (χ0n) is 12.6. The number of hydrogen-bond acceptors (Lipinski definition) is 5. The summed E-state index contributed by atoms with van der Waals surface area (Å²) in [6, 6.07) is 1.73. The molecule has 0 aliphatic carbocycles. The fraction of sp³-hybridized carbons (Fsp3) is 0.462. The van der Waals surface area contributed by atoms with Crippen LogP contribution in [0, 0.1) is 20.8 Å². The summed E-state index contributed by atoms with van der Waals surface area (Å²) in [6.07, 6.45) is 0. The van der Waals surface area contributed by atoms with Gasteiger partial charge in [0.1, 0.15) is 4.90 Å². The van der Waals surface area contributed by atoms with E-state index in [9.17, 15) is 8.42 Å². The summed E-state index contributed by atoms with van der Waals surface area (Å²) in [5, 5.41) is 9.98. The maximum absolute atomic E-state index is 12.5. The summed E-state index contributed by atoms with van der Waals surface area (Å²) in [6.45, 7) is 8.92. The van der Waals surface area contributed by atoms with Crippen LogP contribution in [0.5, 0.6) is 0 Å². The fourth-order valence-corrected chi connectivity index (χ4v) is 4.80. The Bertz CT molecular complexity index is 712. The van der Waals surface area contributed by atoms with E-state index in [1.165, 1.54) is 11.3 Å². The molecule has 0 bridgehead atoms. The van der Waals surface area contributed by atoms with Gasteiger partial charge in [0.25, 0.3) is 10.0 Å². The molecular formula is C13H20N4O2S2. The van der Waals surface area contributed by atoms with Gasteiger partial charge in [0.15, 0.2) is 0 Å². The Morgan fingerprint density at radius 1 is 1.33 bits per heavy atom. The van der Waals surface area contributed by atoms with Gasteiger partial charge in [-0.3, -0.25) is 9.82 Å². The van der Waals surface area contributed by atoms with Crippen molar-refractivity contribution in [2.45, 2.75) is 39.1 Å². The number of H-pyrrole nitrogens is 1. The van der Waals surface area contributed by atoms with Crippen LogP contribution < -0.4 is 10.0 Å². The van der Waals surface area contributed by atoms with Crippen molar-refractivity contribution in [3.05, 3.63) is 27.2 Å². The van der Waals surface area contributed by atoms with Gasteiger partial charge >= 0.3 is 0 Å². The van der Waals surface area contributed by atoms with Crippen LogP contribution in [0.15, 0.2) is 11.0 Å². The maximum Gasteiger partial charge on any atom is 0.263 e. The second kappa shape index (κ2) is 6.17. The second-order valence-electron chi connectivity index (χ2n) is 4.83. The number of thiophene rings is 1. The van der Waals surface area contributed by atoms with E-state index in [1.54, 1.807) is 19.9 Å². The van der Waals surface area contributed by atoms with Gasteiger partial charge in [-0.1, -0.05) is 6.92 Å². The third-order valence-electron chi connectivity index (χ3n) is 3.13. The second-order valence-corrected chi connectivity index (χ2v) is 7.82. The third kappa shape index (κ3) is 3.45. The molecule has 0 spiro atoms. The number of hydrogen-bond donors (Lipinski definition) is 3. The van der Waals surface area contributed by atoms with Crippen molar-refractivity contribution < 1.29 is 8.42 Å². The predicted octanol–water partition coefficient (Wildman–Crippen LogP) is 2.31. The van der Waals surface area contributed by atoms with E-state index in [0.717, 1.165) is 16.3 Å². The highest BCUT2D eigenvalue weighted by molar-refractivity contribution is 7.93. The number of anilines is 1. The number of aryl methyl sites for hydroxylation is 3. The Morgan fingerprint density at radius 2 is 2.05 bits per heavy atom. The van der Waals surface area contributed by atoms with Crippen molar-refractivity contribution in [1.29, 1.82) is 0 Å². The molecule has 2 aromatic heterocycles. The molecule has 0 radical (unpaired) electrons. The Balaban J connectivity index is 2.29. The zero-order chi connectivity index (χ0) is 15.6. The van der Waals surface area contributed by atoms with Crippen LogP contribution in [0.25, 0.3) is 0 Å². The summed E-state index contributed by atoms with van der Waals surface area (Å²) < 4.78 is 27.7. The average Bonchev–Trinajstić information content (AvgIpc) is 2.94. The lowest BCUT2D eigenvalue weighted by Gasteiger charge is -2.07. The van der Waals surface area contributed by atoms with Gasteiger partial charge in [0.2, 0.25) is 0 Å². The number of sulfonamides is 1. The molecule has 21 heavy (non-hydrogen) atoms. The van der Waals surface area contributed by atoms with Gasteiger partial charge in [0, 0.05) is 16.3 Å². The van der Waals surface area contributed by atoms with Crippen LogP contribution in [0.3, 0.4) is 0 Å². The molecule has 0 aliphatic rings. The molecule has 0 aromatic carbocycles. The maximum atomic E-state index is 12.5. The van der Waals surface area contributed by atoms with E-state index in [2.05, 4.69) is 20.2 Å². The van der Waals surface area contributed by atoms with E-state index < -0.39 is 10.0 Å². The summed E-state index contributed by atoms with van der Waals surface area (Å²) in [5.41, 5.74) is 1.86. The summed E-state index contributed by atoms with van der Waals surface area (Å²) in [5.74, 6) is 0. The number of rotatable bonds is 6. The lowest BCUT2D eigenvalue weighted by molar-refractivity contribution is 0.601. The molecule has 0 unspecified atom stereocenters. The monoisotopic (exact) mass is 328 g/mol. The topological polar surface area (TPSA) is 86.9 Å². The van der Waals surface area contributed by atoms with Crippen LogP contribution in [-0.4, -0.2) is 25.2 Å². The lowest BCUT2D eigenvalue weighted by atomic mass is 10.3. The minimum Gasteiger partial charge on any atom is -0.312 e. The number of aromatic amines is 1. The molecule has 0 aliphatic heterocycles. The molecule has 0 atom stereocenters. The van der Waals surface area contributed by atoms with E-state index >= 15 is 0 Å². The Hall–Kier alpha value is -1.38. The van der Waals surface area contributed by atoms with E-state index in [4.69, 9.17) is 0 Å². The first-order chi connectivity index (χ1) is 9.85. The molecule has 116 valence electrons. The minimum absolute atomic E-state index is 0.334. The highest BCUT2D eigenvalue weighted by atomic mass is 32.2. The third-order valence-corrected chi connectivity index (χ3v) is 5.78. The summed E-state index contributed by atoms with van der Waals surface area (Å²) >= 11 is 1.50. The molecule has 0 saturated carbocycles. The predicted molar refractivity (Wildman–Crippen MR) is 85.3 cm³/mol. The van der Waals surface area contributed by atoms with E-state index in [0.29, 0.717) is 28.5 Å². The number of aromatic nitrogens is 2. The largest absolute Gasteiger partial charge is 0.312 e. The van der Waals surface area contributed by atoms with Gasteiger partial charge in [-0.15, -0.1) is 11.3 Å². The molecule has 0 fully saturated rings. The first-order valence-corrected chi connectivity index (χ1v) is 8.99. The molecule has 8 heteroatoms. The van der Waals surface area contributed by atoms with Crippen LogP contribution >= 0.6 is 11.3 Å². The van der Waals surface area contributed by atoms with Crippen LogP contribution in [0.1, 0.15) is 28.1 Å². The van der Waals surface area contributed by atoms with E-state index in [1.807, 2.05) is 13.8 Å². The van der Waals surface area contributed by atoms with Gasteiger partial charge in [-0.2, -0.15) is 5.10 Å². The summed E-state index contributed by atoms with van der Waals surface area (Å²) in [7, 11) is -3.59. The zero-order valence-corrected chi connectivity index (χ0v) is 14.2. The number of nitrogens with zero attached hydrogens (tertiary/aromatic N) is 1. The Morgan fingerprint density at radius 3 is 2.62 bits per heavy atom. The SMILES string of the molecule is CCNCc1cc(S(=O)(=O)Nc2c(C)n[nH]c2C)c(C)s1. The average molecular weight is 328 g/mol. The minimum atomic E-state index is -3.59. The van der Waals surface area contributed by atoms with Crippen molar-refractivity contribution in [2.75, 3.05) is 11.3 Å². The fourth-order valence-electron chi connectivity index (χ4n) is 2.02. The Kier molecular flexibility index (Phi) is 4.70. The Labute approximate surface area is 129 Å². The van der Waals surface area contributed by atoms with Gasteiger partial charge in [-0.05, 0) is 33.4 Å².